The maximum absolute atomic E-state index is 4.68. The highest BCUT2D eigenvalue weighted by Crippen LogP contribution is 2.20. The van der Waals surface area contributed by atoms with Gasteiger partial charge in [-0.3, -0.25) is 4.68 Å². The quantitative estimate of drug-likeness (QED) is 0.833. The Morgan fingerprint density at radius 2 is 1.90 bits per heavy atom. The van der Waals surface area contributed by atoms with E-state index in [2.05, 4.69) is 54.7 Å². The van der Waals surface area contributed by atoms with E-state index in [-0.39, 0.29) is 0 Å². The lowest BCUT2D eigenvalue weighted by atomic mass is 10.1. The molecule has 2 aromatic heterocycles. The van der Waals surface area contributed by atoms with E-state index in [1.54, 1.807) is 11.3 Å². The Morgan fingerprint density at radius 3 is 2.50 bits per heavy atom. The molecular formula is C15H24N4S. The molecule has 4 nitrogen and oxygen atoms in total. The molecule has 0 amide bonds. The Morgan fingerprint density at radius 1 is 1.15 bits per heavy atom. The van der Waals surface area contributed by atoms with Crippen LogP contribution in [0.4, 0.5) is 0 Å². The third-order valence-corrected chi connectivity index (χ3v) is 4.75. The summed E-state index contributed by atoms with van der Waals surface area (Å²) in [4.78, 5) is 5.91. The van der Waals surface area contributed by atoms with E-state index in [1.165, 1.54) is 16.1 Å². The summed E-state index contributed by atoms with van der Waals surface area (Å²) in [6.07, 6.45) is 1.04. The summed E-state index contributed by atoms with van der Waals surface area (Å²) in [5.74, 6) is 0. The average molecular weight is 292 g/mol. The van der Waals surface area contributed by atoms with E-state index in [4.69, 9.17) is 0 Å². The molecule has 0 fully saturated rings. The second-order valence-corrected chi connectivity index (χ2v) is 6.45. The first-order valence-electron chi connectivity index (χ1n) is 7.19. The molecule has 0 spiro atoms. The summed E-state index contributed by atoms with van der Waals surface area (Å²) in [7, 11) is 0. The van der Waals surface area contributed by atoms with Gasteiger partial charge >= 0.3 is 0 Å². The van der Waals surface area contributed by atoms with Crippen molar-refractivity contribution < 1.29 is 0 Å². The number of aryl methyl sites for hydroxylation is 3. The molecule has 0 aliphatic carbocycles. The lowest BCUT2D eigenvalue weighted by Gasteiger charge is -2.04. The van der Waals surface area contributed by atoms with Crippen LogP contribution in [0.15, 0.2) is 0 Å². The van der Waals surface area contributed by atoms with Crippen LogP contribution in [0.2, 0.25) is 0 Å². The van der Waals surface area contributed by atoms with Crippen LogP contribution in [0.1, 0.15) is 39.5 Å². The first kappa shape index (κ1) is 15.2. The molecule has 1 N–H and O–H groups in total. The Labute approximate surface area is 125 Å². The lowest BCUT2D eigenvalue weighted by molar-refractivity contribution is 0.653. The molecule has 5 heteroatoms. The largest absolute Gasteiger partial charge is 0.317 e. The van der Waals surface area contributed by atoms with Gasteiger partial charge < -0.3 is 5.32 Å². The van der Waals surface area contributed by atoms with Gasteiger partial charge in [0, 0.05) is 10.6 Å². The zero-order valence-corrected chi connectivity index (χ0v) is 13.9. The normalized spacial score (nSPS) is 11.2. The van der Waals surface area contributed by atoms with Crippen molar-refractivity contribution in [3.8, 4) is 0 Å². The smallest absolute Gasteiger partial charge is 0.115 e. The summed E-state index contributed by atoms with van der Waals surface area (Å²) in [6.45, 7) is 13.4. The third kappa shape index (κ3) is 3.27. The first-order valence-corrected chi connectivity index (χ1v) is 8.01. The fraction of sp³-hybridized carbons (Fsp3) is 0.600. The van der Waals surface area contributed by atoms with Crippen molar-refractivity contribution in [1.82, 2.24) is 20.1 Å². The molecule has 0 aliphatic rings. The summed E-state index contributed by atoms with van der Waals surface area (Å²) < 4.78 is 2.09. The Balaban J connectivity index is 2.14. The van der Waals surface area contributed by atoms with Crippen molar-refractivity contribution in [2.75, 3.05) is 13.1 Å². The number of hydrogen-bond donors (Lipinski definition) is 1. The van der Waals surface area contributed by atoms with E-state index in [0.29, 0.717) is 0 Å². The van der Waals surface area contributed by atoms with Crippen molar-refractivity contribution in [1.29, 1.82) is 0 Å². The van der Waals surface area contributed by atoms with Gasteiger partial charge in [0.1, 0.15) is 5.01 Å². The van der Waals surface area contributed by atoms with Crippen LogP contribution in [0.25, 0.3) is 0 Å². The second-order valence-electron chi connectivity index (χ2n) is 5.16. The van der Waals surface area contributed by atoms with Gasteiger partial charge in [0.25, 0.3) is 0 Å². The molecule has 0 aliphatic heterocycles. The van der Waals surface area contributed by atoms with Crippen molar-refractivity contribution >= 4 is 11.3 Å². The fourth-order valence-electron chi connectivity index (χ4n) is 2.37. The number of hydrogen-bond acceptors (Lipinski definition) is 4. The zero-order chi connectivity index (χ0) is 14.7. The predicted octanol–water partition coefficient (Wildman–Crippen LogP) is 2.77. The molecular weight excluding hydrogens is 268 g/mol. The van der Waals surface area contributed by atoms with Gasteiger partial charge in [-0.1, -0.05) is 6.92 Å². The van der Waals surface area contributed by atoms with Crippen LogP contribution in [-0.4, -0.2) is 27.9 Å². The van der Waals surface area contributed by atoms with Crippen LogP contribution >= 0.6 is 11.3 Å². The summed E-state index contributed by atoms with van der Waals surface area (Å²) in [6, 6.07) is 0. The highest BCUT2D eigenvalue weighted by molar-refractivity contribution is 7.11. The van der Waals surface area contributed by atoms with Crippen LogP contribution in [0, 0.1) is 27.7 Å². The summed E-state index contributed by atoms with van der Waals surface area (Å²) in [5.41, 5.74) is 4.92. The van der Waals surface area contributed by atoms with Gasteiger partial charge in [0.2, 0.25) is 0 Å². The van der Waals surface area contributed by atoms with E-state index in [9.17, 15) is 0 Å². The van der Waals surface area contributed by atoms with E-state index < -0.39 is 0 Å². The Bertz CT molecular complexity index is 563. The predicted molar refractivity (Wildman–Crippen MR) is 84.6 cm³/mol. The van der Waals surface area contributed by atoms with E-state index in [0.717, 1.165) is 42.5 Å². The molecule has 0 saturated carbocycles. The van der Waals surface area contributed by atoms with Gasteiger partial charge in [0.05, 0.1) is 17.9 Å². The lowest BCUT2D eigenvalue weighted by Crippen LogP contribution is -2.16. The van der Waals surface area contributed by atoms with Crippen molar-refractivity contribution in [3.63, 3.8) is 0 Å². The highest BCUT2D eigenvalue weighted by Gasteiger charge is 2.13. The Hall–Kier alpha value is -1.20. The molecule has 0 bridgehead atoms. The van der Waals surface area contributed by atoms with Crippen LogP contribution in [-0.2, 0) is 13.0 Å². The molecule has 110 valence electrons. The molecule has 0 radical (unpaired) electrons. The number of aromatic nitrogens is 3. The number of rotatable bonds is 6. The SMILES string of the molecule is CCNCCc1c(C)nn(Cc2nc(C)c(C)s2)c1C. The standard InChI is InChI=1S/C15H24N4S/c1-6-16-8-7-14-11(3)18-19(12(14)4)9-15-17-10(2)13(5)20-15/h16H,6-9H2,1-5H3. The van der Waals surface area contributed by atoms with Crippen LogP contribution in [0.3, 0.4) is 0 Å². The van der Waals surface area contributed by atoms with Crippen molar-refractivity contribution in [2.24, 2.45) is 0 Å². The molecule has 2 rings (SSSR count). The minimum atomic E-state index is 0.785. The maximum atomic E-state index is 4.68. The van der Waals surface area contributed by atoms with Gasteiger partial charge in [-0.2, -0.15) is 5.10 Å². The molecule has 20 heavy (non-hydrogen) atoms. The van der Waals surface area contributed by atoms with Gasteiger partial charge in [0.15, 0.2) is 0 Å². The molecule has 0 aromatic carbocycles. The minimum Gasteiger partial charge on any atom is -0.317 e. The van der Waals surface area contributed by atoms with Crippen LogP contribution in [0.5, 0.6) is 0 Å². The van der Waals surface area contributed by atoms with E-state index >= 15 is 0 Å². The fourth-order valence-corrected chi connectivity index (χ4v) is 3.29. The highest BCUT2D eigenvalue weighted by atomic mass is 32.1. The molecule has 0 saturated heterocycles. The van der Waals surface area contributed by atoms with Gasteiger partial charge in [-0.15, -0.1) is 11.3 Å². The summed E-state index contributed by atoms with van der Waals surface area (Å²) >= 11 is 1.77. The first-order chi connectivity index (χ1) is 9.52. The second kappa shape index (κ2) is 6.50. The topological polar surface area (TPSA) is 42.7 Å². The van der Waals surface area contributed by atoms with Crippen molar-refractivity contribution in [2.45, 2.75) is 47.6 Å². The minimum absolute atomic E-state index is 0.785. The number of nitrogens with one attached hydrogen (secondary N) is 1. The number of likely N-dealkylation sites (N-methyl/N-ethyl adjacent to an activating group) is 1. The van der Waals surface area contributed by atoms with E-state index in [1.807, 2.05) is 0 Å². The number of thiazole rings is 1. The van der Waals surface area contributed by atoms with Crippen LogP contribution < -0.4 is 5.32 Å². The average Bonchev–Trinajstić information content (AvgIpc) is 2.84. The molecule has 0 atom stereocenters. The Kier molecular flexibility index (Phi) is 4.94. The number of nitrogens with zero attached hydrogens (tertiary/aromatic N) is 3. The zero-order valence-electron chi connectivity index (χ0n) is 13.1. The molecule has 2 heterocycles. The monoisotopic (exact) mass is 292 g/mol. The van der Waals surface area contributed by atoms with Crippen molar-refractivity contribution in [3.05, 3.63) is 32.5 Å². The maximum Gasteiger partial charge on any atom is 0.115 e. The molecule has 0 unspecified atom stereocenters. The third-order valence-electron chi connectivity index (χ3n) is 3.69. The molecule has 2 aromatic rings. The van der Waals surface area contributed by atoms with Gasteiger partial charge in [-0.25, -0.2) is 4.98 Å². The van der Waals surface area contributed by atoms with Gasteiger partial charge in [-0.05, 0) is 52.8 Å². The summed E-state index contributed by atoms with van der Waals surface area (Å²) in [5, 5.41) is 9.19.